The van der Waals surface area contributed by atoms with Gasteiger partial charge in [-0.15, -0.1) is 0 Å². The maximum atomic E-state index is 13.2. The third-order valence-corrected chi connectivity index (χ3v) is 16.5. The topological polar surface area (TPSA) is 189 Å². The van der Waals surface area contributed by atoms with Gasteiger partial charge in [-0.05, 0) is 96.3 Å². The predicted molar refractivity (Wildman–Crippen MR) is 344 cm³/mol. The van der Waals surface area contributed by atoms with Crippen LogP contribution in [0.5, 0.6) is 0 Å². The van der Waals surface area contributed by atoms with Gasteiger partial charge in [-0.25, -0.2) is 0 Å². The van der Waals surface area contributed by atoms with E-state index in [0.717, 1.165) is 57.8 Å². The fraction of sp³-hybridized carbons (Fsp3) is 0.845. The first-order valence-electron chi connectivity index (χ1n) is 34.7. The Labute approximate surface area is 503 Å². The first-order chi connectivity index (χ1) is 40.2. The molecule has 1 amide bonds. The molecule has 1 heterocycles. The van der Waals surface area contributed by atoms with Crippen molar-refractivity contribution in [1.82, 2.24) is 5.32 Å². The molecule has 0 spiro atoms. The summed E-state index contributed by atoms with van der Waals surface area (Å²) in [6, 6.07) is -1.20. The van der Waals surface area contributed by atoms with Crippen molar-refractivity contribution in [2.45, 2.75) is 371 Å². The molecule has 0 saturated carbocycles. The molecule has 11 heteroatoms. The van der Waals surface area contributed by atoms with E-state index in [4.69, 9.17) is 9.47 Å². The normalized spacial score (nSPS) is 19.5. The van der Waals surface area contributed by atoms with Crippen LogP contribution < -0.4 is 5.32 Å². The molecule has 1 aliphatic rings. The van der Waals surface area contributed by atoms with Gasteiger partial charge in [-0.2, -0.15) is 0 Å². The molecule has 9 unspecified atom stereocenters. The number of nitrogens with one attached hydrogen (secondary N) is 1. The van der Waals surface area contributed by atoms with Crippen LogP contribution in [0.2, 0.25) is 0 Å². The predicted octanol–water partition coefficient (Wildman–Crippen LogP) is 16.5. The molecule has 480 valence electrons. The molecular weight excluding hydrogens is 1030 g/mol. The summed E-state index contributed by atoms with van der Waals surface area (Å²) >= 11 is 0. The van der Waals surface area contributed by atoms with Crippen LogP contribution in [0.3, 0.4) is 0 Å². The van der Waals surface area contributed by atoms with Gasteiger partial charge in [-0.3, -0.25) is 4.79 Å². The number of unbranched alkanes of at least 4 members (excludes halogenated alkanes) is 38. The number of aliphatic hydroxyl groups excluding tert-OH is 7. The number of aliphatic hydroxyl groups is 7. The number of carbonyl (C=O) groups excluding carboxylic acids is 1. The summed E-state index contributed by atoms with van der Waals surface area (Å²) < 4.78 is 11.2. The number of ether oxygens (including phenoxy) is 2. The van der Waals surface area contributed by atoms with Gasteiger partial charge in [0.2, 0.25) is 5.91 Å². The number of rotatable bonds is 60. The molecule has 0 aromatic carbocycles. The number of carbonyl (C=O) groups is 1. The zero-order valence-corrected chi connectivity index (χ0v) is 53.0. The van der Waals surface area contributed by atoms with Gasteiger partial charge in [0.15, 0.2) is 6.29 Å². The number of hydrogen-bond acceptors (Lipinski definition) is 10. The Hall–Kier alpha value is -2.19. The second-order valence-electron chi connectivity index (χ2n) is 24.2. The van der Waals surface area contributed by atoms with Gasteiger partial charge in [0, 0.05) is 0 Å². The quantitative estimate of drug-likeness (QED) is 0.0215. The van der Waals surface area contributed by atoms with Gasteiger partial charge >= 0.3 is 0 Å². The molecule has 0 aromatic heterocycles. The standard InChI is InChI=1S/C71H131NO10/c1-3-5-7-9-11-13-15-17-19-21-23-25-27-29-31-32-33-35-36-38-40-42-44-46-48-50-52-54-56-58-63(74)66(76)62(61-81-71-69(79)68(78)67(77)65(60-73)82-71)72-70(80)64(75)59-57-55-53-51-49-47-45-43-41-39-37-34-30-28-26-24-22-20-18-16-14-12-10-8-6-4-2/h24,26,30,34-36,42,44,50,52,62-69,71,73-79H,3-23,25,27-29,31-33,37-41,43,45-49,51,53-61H2,1-2H3,(H,72,80)/b26-24-,34-30-,36-35+,44-42+,52-50+. The maximum Gasteiger partial charge on any atom is 0.249 e. The van der Waals surface area contributed by atoms with E-state index >= 15 is 0 Å². The molecule has 1 aliphatic heterocycles. The van der Waals surface area contributed by atoms with Crippen LogP contribution in [0.4, 0.5) is 0 Å². The highest BCUT2D eigenvalue weighted by Crippen LogP contribution is 2.24. The number of hydrogen-bond donors (Lipinski definition) is 8. The summed E-state index contributed by atoms with van der Waals surface area (Å²) in [5.74, 6) is -0.713. The number of allylic oxidation sites excluding steroid dienone is 10. The van der Waals surface area contributed by atoms with E-state index in [1.165, 1.54) is 212 Å². The van der Waals surface area contributed by atoms with Crippen molar-refractivity contribution in [1.29, 1.82) is 0 Å². The minimum atomic E-state index is -1.68. The van der Waals surface area contributed by atoms with Crippen LogP contribution in [-0.2, 0) is 14.3 Å². The van der Waals surface area contributed by atoms with Gasteiger partial charge in [0.1, 0.15) is 36.6 Å². The third-order valence-electron chi connectivity index (χ3n) is 16.5. The molecule has 9 atom stereocenters. The van der Waals surface area contributed by atoms with Crippen molar-refractivity contribution >= 4 is 5.91 Å². The maximum absolute atomic E-state index is 13.2. The van der Waals surface area contributed by atoms with Crippen molar-refractivity contribution in [3.63, 3.8) is 0 Å². The highest BCUT2D eigenvalue weighted by Gasteiger charge is 2.44. The molecule has 1 rings (SSSR count). The molecule has 11 nitrogen and oxygen atoms in total. The van der Waals surface area contributed by atoms with E-state index in [-0.39, 0.29) is 12.8 Å². The lowest BCUT2D eigenvalue weighted by Gasteiger charge is -2.40. The smallest absolute Gasteiger partial charge is 0.249 e. The monoisotopic (exact) mass is 1160 g/mol. The average Bonchev–Trinajstić information content (AvgIpc) is 3.53. The van der Waals surface area contributed by atoms with Crippen LogP contribution in [0.1, 0.15) is 316 Å². The van der Waals surface area contributed by atoms with E-state index in [9.17, 15) is 40.5 Å². The van der Waals surface area contributed by atoms with Crippen molar-refractivity contribution in [2.24, 2.45) is 0 Å². The third kappa shape index (κ3) is 46.1. The Bertz CT molecular complexity index is 1520. The van der Waals surface area contributed by atoms with Crippen molar-refractivity contribution in [2.75, 3.05) is 13.2 Å². The van der Waals surface area contributed by atoms with Crippen molar-refractivity contribution in [3.8, 4) is 0 Å². The molecular formula is C71H131NO10. The lowest BCUT2D eigenvalue weighted by atomic mass is 9.98. The SMILES string of the molecule is CCCCCCCCCCC/C=C\C/C=C\CCCCCCCCCCCCC(O)C(=O)NC(COC1OC(CO)C(O)C(O)C1O)C(O)C(O)CCC/C=C/CC/C=C/CC/C=C/CCCCCCCCCCCCCCCCCC. The Morgan fingerprint density at radius 1 is 0.427 bits per heavy atom. The zero-order chi connectivity index (χ0) is 59.6. The summed E-state index contributed by atoms with van der Waals surface area (Å²) in [4.78, 5) is 13.2. The zero-order valence-electron chi connectivity index (χ0n) is 53.0. The Morgan fingerprint density at radius 3 is 1.16 bits per heavy atom. The van der Waals surface area contributed by atoms with E-state index in [2.05, 4.69) is 79.9 Å². The van der Waals surface area contributed by atoms with E-state index in [1.54, 1.807) is 0 Å². The molecule has 1 fully saturated rings. The highest BCUT2D eigenvalue weighted by molar-refractivity contribution is 5.80. The summed E-state index contributed by atoms with van der Waals surface area (Å²) in [6.07, 6.45) is 67.3. The van der Waals surface area contributed by atoms with Gasteiger partial charge in [-0.1, -0.05) is 280 Å². The fourth-order valence-electron chi connectivity index (χ4n) is 10.9. The fourth-order valence-corrected chi connectivity index (χ4v) is 10.9. The Kier molecular flexibility index (Phi) is 56.1. The van der Waals surface area contributed by atoms with Gasteiger partial charge < -0.3 is 50.5 Å². The lowest BCUT2D eigenvalue weighted by molar-refractivity contribution is -0.303. The average molecular weight is 1160 g/mol. The summed E-state index contributed by atoms with van der Waals surface area (Å²) in [5, 5.41) is 76.4. The van der Waals surface area contributed by atoms with Gasteiger partial charge in [0.25, 0.3) is 0 Å². The van der Waals surface area contributed by atoms with E-state index in [0.29, 0.717) is 19.3 Å². The van der Waals surface area contributed by atoms with Crippen LogP contribution in [0.15, 0.2) is 60.8 Å². The Balaban J connectivity index is 2.27. The first-order valence-corrected chi connectivity index (χ1v) is 34.7. The van der Waals surface area contributed by atoms with Crippen LogP contribution in [0, 0.1) is 0 Å². The highest BCUT2D eigenvalue weighted by atomic mass is 16.7. The number of amides is 1. The second kappa shape index (κ2) is 59.2. The molecule has 1 saturated heterocycles. The second-order valence-corrected chi connectivity index (χ2v) is 24.2. The van der Waals surface area contributed by atoms with Crippen molar-refractivity contribution < 1.29 is 50.0 Å². The van der Waals surface area contributed by atoms with E-state index in [1.807, 2.05) is 0 Å². The molecule has 8 N–H and O–H groups in total. The Morgan fingerprint density at radius 2 is 0.768 bits per heavy atom. The lowest BCUT2D eigenvalue weighted by Crippen LogP contribution is -2.60. The van der Waals surface area contributed by atoms with Gasteiger partial charge in [0.05, 0.1) is 25.4 Å². The first kappa shape index (κ1) is 77.8. The molecule has 0 aromatic rings. The molecule has 0 bridgehead atoms. The van der Waals surface area contributed by atoms with E-state index < -0.39 is 74.2 Å². The van der Waals surface area contributed by atoms with Crippen molar-refractivity contribution in [3.05, 3.63) is 60.8 Å². The minimum Gasteiger partial charge on any atom is -0.394 e. The van der Waals surface area contributed by atoms with Crippen LogP contribution in [0.25, 0.3) is 0 Å². The summed E-state index contributed by atoms with van der Waals surface area (Å²) in [5.41, 5.74) is 0. The van der Waals surface area contributed by atoms with Crippen LogP contribution in [-0.4, -0.2) is 110 Å². The molecule has 82 heavy (non-hydrogen) atoms. The van der Waals surface area contributed by atoms with Crippen LogP contribution >= 0.6 is 0 Å². The molecule has 0 aliphatic carbocycles. The molecule has 0 radical (unpaired) electrons. The minimum absolute atomic E-state index is 0.239. The summed E-state index contributed by atoms with van der Waals surface area (Å²) in [6.45, 7) is 3.47. The summed E-state index contributed by atoms with van der Waals surface area (Å²) in [7, 11) is 0. The largest absolute Gasteiger partial charge is 0.394 e.